The van der Waals surface area contributed by atoms with E-state index in [9.17, 15) is 10.1 Å². The fraction of sp³-hybridized carbons (Fsp3) is 0.500. The Morgan fingerprint density at radius 3 is 2.81 bits per heavy atom. The zero-order chi connectivity index (χ0) is 12.0. The molecule has 0 amide bonds. The average Bonchev–Trinajstić information content (AvgIpc) is 2.26. The maximum Gasteiger partial charge on any atom is 0.275 e. The summed E-state index contributed by atoms with van der Waals surface area (Å²) in [5, 5.41) is 14.5. The van der Waals surface area contributed by atoms with Crippen LogP contribution in [0.1, 0.15) is 20.3 Å². The number of pyridine rings is 1. The molecular weight excluding hydrogens is 226 g/mol. The van der Waals surface area contributed by atoms with Gasteiger partial charge in [-0.2, -0.15) is 0 Å². The Balaban J connectivity index is 2.93. The number of anilines is 1. The van der Waals surface area contributed by atoms with E-state index in [-0.39, 0.29) is 5.69 Å². The van der Waals surface area contributed by atoms with Gasteiger partial charge >= 0.3 is 0 Å². The molecule has 0 atom stereocenters. The van der Waals surface area contributed by atoms with Crippen molar-refractivity contribution in [2.24, 2.45) is 0 Å². The Bertz CT molecular complexity index is 371. The summed E-state index contributed by atoms with van der Waals surface area (Å²) >= 11 is 1.50. The highest BCUT2D eigenvalue weighted by Gasteiger charge is 2.10. The molecule has 0 spiro atoms. The maximum absolute atomic E-state index is 10.7. The van der Waals surface area contributed by atoms with Crippen LogP contribution in [-0.2, 0) is 0 Å². The zero-order valence-electron chi connectivity index (χ0n) is 9.40. The summed E-state index contributed by atoms with van der Waals surface area (Å²) in [6.45, 7) is 4.79. The monoisotopic (exact) mass is 241 g/mol. The highest BCUT2D eigenvalue weighted by atomic mass is 32.2. The lowest BCUT2D eigenvalue weighted by Crippen LogP contribution is -2.03. The first-order valence-corrected chi connectivity index (χ1v) is 6.19. The lowest BCUT2D eigenvalue weighted by atomic mass is 10.4. The summed E-state index contributed by atoms with van der Waals surface area (Å²) in [7, 11) is 0. The molecule has 1 aromatic rings. The molecule has 0 saturated carbocycles. The number of nitro groups is 1. The highest BCUT2D eigenvalue weighted by molar-refractivity contribution is 7.99. The molecule has 1 aromatic heterocycles. The third-order valence-corrected chi connectivity index (χ3v) is 2.64. The molecule has 6 heteroatoms. The number of hydrogen-bond acceptors (Lipinski definition) is 5. The molecule has 0 saturated heterocycles. The first kappa shape index (κ1) is 12.8. The maximum atomic E-state index is 10.7. The van der Waals surface area contributed by atoms with Crippen molar-refractivity contribution in [1.29, 1.82) is 0 Å². The van der Waals surface area contributed by atoms with Gasteiger partial charge in [-0.3, -0.25) is 10.1 Å². The van der Waals surface area contributed by atoms with E-state index in [0.29, 0.717) is 10.8 Å². The second kappa shape index (κ2) is 6.32. The van der Waals surface area contributed by atoms with Crippen molar-refractivity contribution in [2.75, 3.05) is 17.6 Å². The van der Waals surface area contributed by atoms with Gasteiger partial charge in [0.1, 0.15) is 10.8 Å². The highest BCUT2D eigenvalue weighted by Crippen LogP contribution is 2.24. The number of rotatable bonds is 6. The van der Waals surface area contributed by atoms with Crippen molar-refractivity contribution >= 4 is 23.3 Å². The van der Waals surface area contributed by atoms with Gasteiger partial charge in [-0.25, -0.2) is 4.98 Å². The molecule has 1 heterocycles. The molecule has 0 fully saturated rings. The largest absolute Gasteiger partial charge is 0.370 e. The molecule has 0 unspecified atom stereocenters. The lowest BCUT2D eigenvalue weighted by Gasteiger charge is -2.05. The molecule has 5 nitrogen and oxygen atoms in total. The minimum Gasteiger partial charge on any atom is -0.370 e. The molecule has 1 rings (SSSR count). The SMILES string of the molecule is CCCNc1cc([N+](=O)[O-])cc(SCC)n1. The number of hydrogen-bond donors (Lipinski definition) is 1. The van der Waals surface area contributed by atoms with Crippen molar-refractivity contribution in [2.45, 2.75) is 25.3 Å². The quantitative estimate of drug-likeness (QED) is 0.471. The van der Waals surface area contributed by atoms with E-state index in [1.807, 2.05) is 13.8 Å². The molecule has 0 aliphatic rings. The summed E-state index contributed by atoms with van der Waals surface area (Å²) in [4.78, 5) is 14.6. The van der Waals surface area contributed by atoms with Crippen LogP contribution in [0.3, 0.4) is 0 Å². The Hall–Kier alpha value is -1.30. The van der Waals surface area contributed by atoms with E-state index < -0.39 is 4.92 Å². The van der Waals surface area contributed by atoms with E-state index >= 15 is 0 Å². The minimum absolute atomic E-state index is 0.0875. The Morgan fingerprint density at radius 2 is 2.25 bits per heavy atom. The topological polar surface area (TPSA) is 68.1 Å². The summed E-state index contributed by atoms with van der Waals surface area (Å²) in [6.07, 6.45) is 0.959. The van der Waals surface area contributed by atoms with E-state index in [0.717, 1.165) is 18.7 Å². The van der Waals surface area contributed by atoms with Gasteiger partial charge in [-0.1, -0.05) is 13.8 Å². The van der Waals surface area contributed by atoms with Crippen molar-refractivity contribution in [3.63, 3.8) is 0 Å². The van der Waals surface area contributed by atoms with Crippen LogP contribution in [0.15, 0.2) is 17.2 Å². The van der Waals surface area contributed by atoms with Crippen LogP contribution in [0, 0.1) is 10.1 Å². The third-order valence-electron chi connectivity index (χ3n) is 1.85. The predicted molar refractivity (Wildman–Crippen MR) is 66.1 cm³/mol. The van der Waals surface area contributed by atoms with Gasteiger partial charge in [0.2, 0.25) is 0 Å². The van der Waals surface area contributed by atoms with Crippen molar-refractivity contribution in [3.05, 3.63) is 22.2 Å². The summed E-state index contributed by atoms with van der Waals surface area (Å²) in [5.41, 5.74) is 0.0875. The van der Waals surface area contributed by atoms with Crippen LogP contribution >= 0.6 is 11.8 Å². The number of nitrogens with one attached hydrogen (secondary N) is 1. The number of nitrogens with zero attached hydrogens (tertiary/aromatic N) is 2. The lowest BCUT2D eigenvalue weighted by molar-refractivity contribution is -0.385. The fourth-order valence-electron chi connectivity index (χ4n) is 1.16. The summed E-state index contributed by atoms with van der Waals surface area (Å²) < 4.78 is 0. The van der Waals surface area contributed by atoms with Crippen molar-refractivity contribution in [3.8, 4) is 0 Å². The molecule has 1 N–H and O–H groups in total. The Kier molecular flexibility index (Phi) is 5.04. The number of thioether (sulfide) groups is 1. The van der Waals surface area contributed by atoms with Gasteiger partial charge in [0.15, 0.2) is 0 Å². The van der Waals surface area contributed by atoms with Crippen LogP contribution in [0.5, 0.6) is 0 Å². The third kappa shape index (κ3) is 3.69. The minimum atomic E-state index is -0.390. The van der Waals surface area contributed by atoms with Crippen LogP contribution < -0.4 is 5.32 Å². The van der Waals surface area contributed by atoms with Crippen LogP contribution in [-0.4, -0.2) is 22.2 Å². The fourth-order valence-corrected chi connectivity index (χ4v) is 1.83. The van der Waals surface area contributed by atoms with Crippen molar-refractivity contribution in [1.82, 2.24) is 4.98 Å². The molecular formula is C10H15N3O2S. The van der Waals surface area contributed by atoms with E-state index in [1.165, 1.54) is 23.9 Å². The van der Waals surface area contributed by atoms with Gasteiger partial charge in [0.25, 0.3) is 5.69 Å². The molecule has 0 bridgehead atoms. The summed E-state index contributed by atoms with van der Waals surface area (Å²) in [5.74, 6) is 1.42. The van der Waals surface area contributed by atoms with E-state index in [4.69, 9.17) is 0 Å². The van der Waals surface area contributed by atoms with Crippen LogP contribution in [0.2, 0.25) is 0 Å². The van der Waals surface area contributed by atoms with Gasteiger partial charge < -0.3 is 5.32 Å². The van der Waals surface area contributed by atoms with E-state index in [1.54, 1.807) is 0 Å². The van der Waals surface area contributed by atoms with E-state index in [2.05, 4.69) is 10.3 Å². The molecule has 0 radical (unpaired) electrons. The van der Waals surface area contributed by atoms with Gasteiger partial charge in [0, 0.05) is 12.6 Å². The van der Waals surface area contributed by atoms with Crippen molar-refractivity contribution < 1.29 is 4.92 Å². The Morgan fingerprint density at radius 1 is 1.50 bits per heavy atom. The second-order valence-corrected chi connectivity index (χ2v) is 4.45. The molecule has 88 valence electrons. The smallest absolute Gasteiger partial charge is 0.275 e. The Labute approximate surface area is 98.8 Å². The summed E-state index contributed by atoms with van der Waals surface area (Å²) in [6, 6.07) is 2.97. The number of aromatic nitrogens is 1. The van der Waals surface area contributed by atoms with Crippen LogP contribution in [0.25, 0.3) is 0 Å². The first-order chi connectivity index (χ1) is 7.67. The molecule has 0 aromatic carbocycles. The first-order valence-electron chi connectivity index (χ1n) is 5.20. The zero-order valence-corrected chi connectivity index (χ0v) is 10.2. The molecule has 16 heavy (non-hydrogen) atoms. The van der Waals surface area contributed by atoms with Gasteiger partial charge in [-0.05, 0) is 12.2 Å². The molecule has 0 aliphatic carbocycles. The standard InChI is InChI=1S/C10H15N3O2S/c1-3-5-11-9-6-8(13(14)15)7-10(12-9)16-4-2/h6-7H,3-5H2,1-2H3,(H,11,12). The van der Waals surface area contributed by atoms with Gasteiger partial charge in [-0.15, -0.1) is 11.8 Å². The van der Waals surface area contributed by atoms with Gasteiger partial charge in [0.05, 0.1) is 11.0 Å². The normalized spacial score (nSPS) is 10.1. The van der Waals surface area contributed by atoms with Crippen LogP contribution in [0.4, 0.5) is 11.5 Å². The average molecular weight is 241 g/mol. The molecule has 0 aliphatic heterocycles. The predicted octanol–water partition coefficient (Wildman–Crippen LogP) is 2.92. The second-order valence-electron chi connectivity index (χ2n) is 3.17.